The Morgan fingerprint density at radius 1 is 1.41 bits per heavy atom. The molecule has 3 nitrogen and oxygen atoms in total. The minimum absolute atomic E-state index is 0.364. The molecule has 2 rings (SSSR count). The van der Waals surface area contributed by atoms with Crippen LogP contribution in [-0.4, -0.2) is 25.2 Å². The number of rotatable bonds is 3. The molecule has 1 aromatic heterocycles. The van der Waals surface area contributed by atoms with Gasteiger partial charge in [-0.25, -0.2) is 0 Å². The van der Waals surface area contributed by atoms with E-state index in [9.17, 15) is 0 Å². The van der Waals surface area contributed by atoms with Crippen molar-refractivity contribution in [1.82, 2.24) is 10.3 Å². The lowest BCUT2D eigenvalue weighted by Crippen LogP contribution is -2.32. The third-order valence-electron chi connectivity index (χ3n) is 3.58. The Kier molecular flexibility index (Phi) is 4.13. The van der Waals surface area contributed by atoms with Crippen molar-refractivity contribution in [3.8, 4) is 0 Å². The van der Waals surface area contributed by atoms with E-state index in [1.807, 2.05) is 14.0 Å². The first-order valence-electron chi connectivity index (χ1n) is 6.41. The van der Waals surface area contributed by atoms with E-state index in [2.05, 4.69) is 29.4 Å². The molecular formula is C14H22N2O. The maximum atomic E-state index is 5.59. The summed E-state index contributed by atoms with van der Waals surface area (Å²) in [5, 5.41) is 3.43. The van der Waals surface area contributed by atoms with E-state index < -0.39 is 0 Å². The Balaban J connectivity index is 2.21. The second-order valence-corrected chi connectivity index (χ2v) is 4.87. The smallest absolute Gasteiger partial charge is 0.0512 e. The minimum Gasteiger partial charge on any atom is -0.381 e. The highest BCUT2D eigenvalue weighted by Crippen LogP contribution is 2.29. The zero-order chi connectivity index (χ0) is 12.3. The normalized spacial score (nSPS) is 22.4. The monoisotopic (exact) mass is 234 g/mol. The van der Waals surface area contributed by atoms with Crippen molar-refractivity contribution in [2.24, 2.45) is 5.92 Å². The van der Waals surface area contributed by atoms with Crippen molar-refractivity contribution in [3.63, 3.8) is 0 Å². The molecule has 3 heteroatoms. The van der Waals surface area contributed by atoms with Gasteiger partial charge in [-0.05, 0) is 45.4 Å². The topological polar surface area (TPSA) is 34.2 Å². The van der Waals surface area contributed by atoms with Gasteiger partial charge in [-0.2, -0.15) is 0 Å². The van der Waals surface area contributed by atoms with Crippen LogP contribution >= 0.6 is 0 Å². The van der Waals surface area contributed by atoms with Crippen LogP contribution in [0.3, 0.4) is 0 Å². The SMILES string of the molecule is CNC(c1ccc(C)nc1C)C1CCCOC1. The zero-order valence-electron chi connectivity index (χ0n) is 11.0. The number of hydrogen-bond donors (Lipinski definition) is 1. The van der Waals surface area contributed by atoms with Crippen LogP contribution in [0.1, 0.15) is 35.8 Å². The van der Waals surface area contributed by atoms with Gasteiger partial charge < -0.3 is 10.1 Å². The summed E-state index contributed by atoms with van der Waals surface area (Å²) < 4.78 is 5.59. The van der Waals surface area contributed by atoms with Gasteiger partial charge in [-0.3, -0.25) is 4.98 Å². The molecule has 1 saturated heterocycles. The molecule has 2 heterocycles. The molecule has 1 fully saturated rings. The molecule has 0 radical (unpaired) electrons. The molecule has 0 amide bonds. The van der Waals surface area contributed by atoms with Crippen molar-refractivity contribution in [2.45, 2.75) is 32.7 Å². The Bertz CT molecular complexity index is 372. The summed E-state index contributed by atoms with van der Waals surface area (Å²) in [6.07, 6.45) is 2.40. The van der Waals surface area contributed by atoms with Gasteiger partial charge in [0.25, 0.3) is 0 Å². The average Bonchev–Trinajstić information content (AvgIpc) is 2.34. The van der Waals surface area contributed by atoms with Gasteiger partial charge in [0.2, 0.25) is 0 Å². The summed E-state index contributed by atoms with van der Waals surface area (Å²) in [6.45, 7) is 5.90. The predicted molar refractivity (Wildman–Crippen MR) is 69.1 cm³/mol. The summed E-state index contributed by atoms with van der Waals surface area (Å²) in [6, 6.07) is 4.66. The van der Waals surface area contributed by atoms with Crippen LogP contribution in [0.15, 0.2) is 12.1 Å². The number of pyridine rings is 1. The number of aryl methyl sites for hydroxylation is 2. The van der Waals surface area contributed by atoms with Crippen molar-refractivity contribution < 1.29 is 4.74 Å². The van der Waals surface area contributed by atoms with Gasteiger partial charge in [0.05, 0.1) is 6.61 Å². The quantitative estimate of drug-likeness (QED) is 0.872. The molecule has 0 saturated carbocycles. The molecule has 2 unspecified atom stereocenters. The third kappa shape index (κ3) is 2.85. The van der Waals surface area contributed by atoms with Gasteiger partial charge in [-0.1, -0.05) is 6.07 Å². The number of aromatic nitrogens is 1. The number of hydrogen-bond acceptors (Lipinski definition) is 3. The van der Waals surface area contributed by atoms with E-state index in [1.54, 1.807) is 0 Å². The zero-order valence-corrected chi connectivity index (χ0v) is 11.0. The fourth-order valence-electron chi connectivity index (χ4n) is 2.70. The summed E-state index contributed by atoms with van der Waals surface area (Å²) >= 11 is 0. The molecule has 1 aliphatic heterocycles. The second kappa shape index (κ2) is 5.61. The van der Waals surface area contributed by atoms with Crippen molar-refractivity contribution in [1.29, 1.82) is 0 Å². The molecule has 1 aromatic rings. The number of ether oxygens (including phenoxy) is 1. The fourth-order valence-corrected chi connectivity index (χ4v) is 2.70. The van der Waals surface area contributed by atoms with E-state index in [1.165, 1.54) is 18.4 Å². The molecule has 0 bridgehead atoms. The van der Waals surface area contributed by atoms with E-state index >= 15 is 0 Å². The molecule has 1 aliphatic rings. The van der Waals surface area contributed by atoms with E-state index in [0.29, 0.717) is 12.0 Å². The first kappa shape index (κ1) is 12.5. The number of nitrogens with zero attached hydrogens (tertiary/aromatic N) is 1. The minimum atomic E-state index is 0.364. The predicted octanol–water partition coefficient (Wildman–Crippen LogP) is 2.39. The Morgan fingerprint density at radius 3 is 2.82 bits per heavy atom. The van der Waals surface area contributed by atoms with Crippen molar-refractivity contribution in [2.75, 3.05) is 20.3 Å². The van der Waals surface area contributed by atoms with E-state index in [4.69, 9.17) is 4.74 Å². The van der Waals surface area contributed by atoms with Gasteiger partial charge in [0.1, 0.15) is 0 Å². The molecule has 1 N–H and O–H groups in total. The van der Waals surface area contributed by atoms with Gasteiger partial charge in [-0.15, -0.1) is 0 Å². The van der Waals surface area contributed by atoms with Crippen LogP contribution in [0.2, 0.25) is 0 Å². The summed E-state index contributed by atoms with van der Waals surface area (Å²) in [7, 11) is 2.03. The van der Waals surface area contributed by atoms with Crippen LogP contribution in [0.5, 0.6) is 0 Å². The third-order valence-corrected chi connectivity index (χ3v) is 3.58. The van der Waals surface area contributed by atoms with Crippen molar-refractivity contribution in [3.05, 3.63) is 29.1 Å². The van der Waals surface area contributed by atoms with Crippen LogP contribution in [0.25, 0.3) is 0 Å². The highest BCUT2D eigenvalue weighted by atomic mass is 16.5. The largest absolute Gasteiger partial charge is 0.381 e. The average molecular weight is 234 g/mol. The Hall–Kier alpha value is -0.930. The van der Waals surface area contributed by atoms with Crippen molar-refractivity contribution >= 4 is 0 Å². The summed E-state index contributed by atoms with van der Waals surface area (Å²) in [5.74, 6) is 0.567. The molecule has 17 heavy (non-hydrogen) atoms. The van der Waals surface area contributed by atoms with Crippen LogP contribution in [-0.2, 0) is 4.74 Å². The maximum Gasteiger partial charge on any atom is 0.0512 e. The molecule has 94 valence electrons. The molecule has 0 aromatic carbocycles. The highest BCUT2D eigenvalue weighted by Gasteiger charge is 2.25. The van der Waals surface area contributed by atoms with Gasteiger partial charge >= 0.3 is 0 Å². The first-order chi connectivity index (χ1) is 8.22. The first-order valence-corrected chi connectivity index (χ1v) is 6.41. The summed E-state index contributed by atoms with van der Waals surface area (Å²) in [4.78, 5) is 4.56. The standard InChI is InChI=1S/C14H22N2O/c1-10-6-7-13(11(2)16-10)14(15-3)12-5-4-8-17-9-12/h6-7,12,14-15H,4-5,8-9H2,1-3H3. The van der Waals surface area contributed by atoms with Gasteiger partial charge in [0.15, 0.2) is 0 Å². The lowest BCUT2D eigenvalue weighted by Gasteiger charge is -2.31. The summed E-state index contributed by atoms with van der Waals surface area (Å²) in [5.41, 5.74) is 3.53. The van der Waals surface area contributed by atoms with Crippen LogP contribution in [0.4, 0.5) is 0 Å². The highest BCUT2D eigenvalue weighted by molar-refractivity contribution is 5.25. The molecule has 0 aliphatic carbocycles. The lowest BCUT2D eigenvalue weighted by molar-refractivity contribution is 0.0400. The van der Waals surface area contributed by atoms with Crippen LogP contribution in [0, 0.1) is 19.8 Å². The fraction of sp³-hybridized carbons (Fsp3) is 0.643. The Morgan fingerprint density at radius 2 is 2.24 bits per heavy atom. The number of nitrogens with one attached hydrogen (secondary N) is 1. The Labute approximate surface area is 104 Å². The molecular weight excluding hydrogens is 212 g/mol. The maximum absolute atomic E-state index is 5.59. The lowest BCUT2D eigenvalue weighted by atomic mass is 9.88. The van der Waals surface area contributed by atoms with Crippen LogP contribution < -0.4 is 5.32 Å². The molecule has 0 spiro atoms. The van der Waals surface area contributed by atoms with E-state index in [-0.39, 0.29) is 0 Å². The second-order valence-electron chi connectivity index (χ2n) is 4.87. The van der Waals surface area contributed by atoms with Gasteiger partial charge in [0, 0.05) is 30.0 Å². The van der Waals surface area contributed by atoms with E-state index in [0.717, 1.165) is 24.6 Å². The molecule has 2 atom stereocenters.